The van der Waals surface area contributed by atoms with E-state index in [1.165, 1.54) is 30.5 Å². The smallest absolute Gasteiger partial charge is 0.316 e. The van der Waals surface area contributed by atoms with E-state index in [9.17, 15) is 22.8 Å². The van der Waals surface area contributed by atoms with Gasteiger partial charge < -0.3 is 5.32 Å². The Morgan fingerprint density at radius 1 is 1.00 bits per heavy atom. The van der Waals surface area contributed by atoms with Crippen molar-refractivity contribution < 1.29 is 22.8 Å². The quantitative estimate of drug-likeness (QED) is 0.886. The van der Waals surface area contributed by atoms with E-state index < -0.39 is 17.9 Å². The molecule has 2 aromatic rings. The maximum absolute atomic E-state index is 12.3. The third kappa shape index (κ3) is 3.44. The Hall–Kier alpha value is -2.70. The fraction of sp³-hybridized carbons (Fsp3) is 0.0714. The molecule has 1 N–H and O–H groups in total. The number of alkyl halides is 3. The fourth-order valence-electron chi connectivity index (χ4n) is 1.61. The number of halogens is 3. The van der Waals surface area contributed by atoms with E-state index in [-0.39, 0.29) is 16.9 Å². The van der Waals surface area contributed by atoms with Gasteiger partial charge in [0.2, 0.25) is 5.78 Å². The van der Waals surface area contributed by atoms with Crippen LogP contribution in [0, 0.1) is 0 Å². The van der Waals surface area contributed by atoms with Crippen LogP contribution in [0.25, 0.3) is 0 Å². The van der Waals surface area contributed by atoms with Crippen LogP contribution in [0.2, 0.25) is 0 Å². The van der Waals surface area contributed by atoms with E-state index in [2.05, 4.69) is 4.98 Å². The number of aromatic nitrogens is 1. The molecule has 1 heterocycles. The summed E-state index contributed by atoms with van der Waals surface area (Å²) in [4.78, 5) is 26.9. The van der Waals surface area contributed by atoms with Gasteiger partial charge in [-0.15, -0.1) is 0 Å². The standard InChI is InChI=1S/C14H9F3N2O2/c15-14(16,17)13(21)19-10-7-4-8-18-11(10)12(20)9-5-2-1-3-6-9/h1-8H,(H,19,21). The first-order valence-electron chi connectivity index (χ1n) is 5.82. The third-order valence-corrected chi connectivity index (χ3v) is 2.56. The largest absolute Gasteiger partial charge is 0.471 e. The van der Waals surface area contributed by atoms with Gasteiger partial charge in [0.05, 0.1) is 5.69 Å². The second kappa shape index (κ2) is 5.74. The number of hydrogen-bond acceptors (Lipinski definition) is 3. The van der Waals surface area contributed by atoms with Crippen molar-refractivity contribution in [3.63, 3.8) is 0 Å². The van der Waals surface area contributed by atoms with Crippen LogP contribution >= 0.6 is 0 Å². The molecule has 0 unspecified atom stereocenters. The molecule has 0 radical (unpaired) electrons. The van der Waals surface area contributed by atoms with E-state index in [0.29, 0.717) is 0 Å². The van der Waals surface area contributed by atoms with Crippen molar-refractivity contribution in [2.75, 3.05) is 5.32 Å². The van der Waals surface area contributed by atoms with Gasteiger partial charge in [-0.25, -0.2) is 0 Å². The molecule has 0 atom stereocenters. The van der Waals surface area contributed by atoms with Crippen LogP contribution in [0.15, 0.2) is 48.7 Å². The number of ketones is 1. The summed E-state index contributed by atoms with van der Waals surface area (Å²) in [6, 6.07) is 10.5. The molecule has 0 bridgehead atoms. The molecule has 108 valence electrons. The van der Waals surface area contributed by atoms with Crippen molar-refractivity contribution in [3.8, 4) is 0 Å². The normalized spacial score (nSPS) is 11.0. The van der Waals surface area contributed by atoms with Crippen LogP contribution in [0.4, 0.5) is 18.9 Å². The third-order valence-electron chi connectivity index (χ3n) is 2.56. The highest BCUT2D eigenvalue weighted by atomic mass is 19.4. The van der Waals surface area contributed by atoms with Crippen molar-refractivity contribution in [2.24, 2.45) is 0 Å². The van der Waals surface area contributed by atoms with E-state index in [1.54, 1.807) is 23.5 Å². The second-order valence-electron chi connectivity index (χ2n) is 4.05. The number of nitrogens with one attached hydrogen (secondary N) is 1. The van der Waals surface area contributed by atoms with Crippen molar-refractivity contribution in [3.05, 3.63) is 59.9 Å². The van der Waals surface area contributed by atoms with E-state index in [0.717, 1.165) is 0 Å². The predicted molar refractivity (Wildman–Crippen MR) is 68.8 cm³/mol. The zero-order chi connectivity index (χ0) is 15.5. The van der Waals surface area contributed by atoms with Gasteiger partial charge in [0.1, 0.15) is 5.69 Å². The molecule has 0 saturated carbocycles. The summed E-state index contributed by atoms with van der Waals surface area (Å²) in [5.41, 5.74) is -0.270. The lowest BCUT2D eigenvalue weighted by Gasteiger charge is -2.10. The Balaban J connectivity index is 2.34. The summed E-state index contributed by atoms with van der Waals surface area (Å²) in [5, 5.41) is 1.65. The topological polar surface area (TPSA) is 59.1 Å². The summed E-state index contributed by atoms with van der Waals surface area (Å²) in [5.74, 6) is -2.73. The van der Waals surface area contributed by atoms with Crippen LogP contribution < -0.4 is 5.32 Å². The molecule has 2 rings (SSSR count). The monoisotopic (exact) mass is 294 g/mol. The average Bonchev–Trinajstić information content (AvgIpc) is 2.47. The Bertz CT molecular complexity index is 669. The lowest BCUT2D eigenvalue weighted by atomic mass is 10.1. The highest BCUT2D eigenvalue weighted by Gasteiger charge is 2.39. The fourth-order valence-corrected chi connectivity index (χ4v) is 1.61. The lowest BCUT2D eigenvalue weighted by Crippen LogP contribution is -2.30. The molecule has 0 aliphatic rings. The van der Waals surface area contributed by atoms with Gasteiger partial charge in [-0.05, 0) is 12.1 Å². The summed E-state index contributed by atoms with van der Waals surface area (Å²) in [6.07, 6.45) is -3.78. The van der Waals surface area contributed by atoms with Gasteiger partial charge >= 0.3 is 12.1 Å². The molecule has 0 aliphatic carbocycles. The lowest BCUT2D eigenvalue weighted by molar-refractivity contribution is -0.167. The Kier molecular flexibility index (Phi) is 4.02. The first-order valence-corrected chi connectivity index (χ1v) is 5.82. The molecule has 0 saturated heterocycles. The number of rotatable bonds is 3. The molecule has 0 spiro atoms. The summed E-state index contributed by atoms with van der Waals surface area (Å²) in [7, 11) is 0. The van der Waals surface area contributed by atoms with Gasteiger partial charge in [0.25, 0.3) is 0 Å². The van der Waals surface area contributed by atoms with E-state index in [4.69, 9.17) is 0 Å². The molecule has 0 aliphatic heterocycles. The highest BCUT2D eigenvalue weighted by molar-refractivity contribution is 6.12. The van der Waals surface area contributed by atoms with Crippen molar-refractivity contribution in [1.29, 1.82) is 0 Å². The molecule has 7 heteroatoms. The molecule has 1 aromatic carbocycles. The van der Waals surface area contributed by atoms with Crippen molar-refractivity contribution in [2.45, 2.75) is 6.18 Å². The Morgan fingerprint density at radius 3 is 2.29 bits per heavy atom. The van der Waals surface area contributed by atoms with Crippen LogP contribution in [0.5, 0.6) is 0 Å². The van der Waals surface area contributed by atoms with Gasteiger partial charge in [0, 0.05) is 11.8 Å². The number of nitrogens with zero attached hydrogens (tertiary/aromatic N) is 1. The number of hydrogen-bond donors (Lipinski definition) is 1. The Morgan fingerprint density at radius 2 is 1.67 bits per heavy atom. The summed E-state index contributed by atoms with van der Waals surface area (Å²) in [6.45, 7) is 0. The van der Waals surface area contributed by atoms with Gasteiger partial charge in [-0.3, -0.25) is 14.6 Å². The molecule has 0 fully saturated rings. The molecular formula is C14H9F3N2O2. The predicted octanol–water partition coefficient (Wildman–Crippen LogP) is 2.81. The number of benzene rings is 1. The summed E-state index contributed by atoms with van der Waals surface area (Å²) >= 11 is 0. The highest BCUT2D eigenvalue weighted by Crippen LogP contribution is 2.21. The van der Waals surface area contributed by atoms with Crippen molar-refractivity contribution in [1.82, 2.24) is 4.98 Å². The minimum Gasteiger partial charge on any atom is -0.316 e. The number of anilines is 1. The molecule has 1 aromatic heterocycles. The van der Waals surface area contributed by atoms with Gasteiger partial charge in [0.15, 0.2) is 0 Å². The maximum Gasteiger partial charge on any atom is 0.471 e. The van der Waals surface area contributed by atoms with Crippen LogP contribution in [-0.4, -0.2) is 22.9 Å². The minimum atomic E-state index is -5.04. The number of carbonyl (C=O) groups is 2. The second-order valence-corrected chi connectivity index (χ2v) is 4.05. The SMILES string of the molecule is O=C(c1ccccc1)c1ncccc1NC(=O)C(F)(F)F. The number of carbonyl (C=O) groups excluding carboxylic acids is 2. The first kappa shape index (κ1) is 14.7. The minimum absolute atomic E-state index is 0.249. The Labute approximate surface area is 117 Å². The van der Waals surface area contributed by atoms with Crippen molar-refractivity contribution >= 4 is 17.4 Å². The molecule has 4 nitrogen and oxygen atoms in total. The van der Waals surface area contributed by atoms with Crippen LogP contribution in [-0.2, 0) is 4.79 Å². The van der Waals surface area contributed by atoms with Gasteiger partial charge in [-0.2, -0.15) is 13.2 Å². The zero-order valence-electron chi connectivity index (χ0n) is 10.5. The average molecular weight is 294 g/mol. The molecule has 1 amide bonds. The number of pyridine rings is 1. The van der Waals surface area contributed by atoms with Crippen LogP contribution in [0.3, 0.4) is 0 Å². The van der Waals surface area contributed by atoms with Gasteiger partial charge in [-0.1, -0.05) is 30.3 Å². The zero-order valence-corrected chi connectivity index (χ0v) is 10.5. The van der Waals surface area contributed by atoms with E-state index >= 15 is 0 Å². The molecular weight excluding hydrogens is 285 g/mol. The van der Waals surface area contributed by atoms with Crippen LogP contribution in [0.1, 0.15) is 16.1 Å². The number of amides is 1. The first-order chi connectivity index (χ1) is 9.89. The summed E-state index contributed by atoms with van der Waals surface area (Å²) < 4.78 is 36.8. The van der Waals surface area contributed by atoms with E-state index in [1.807, 2.05) is 0 Å². The molecule has 21 heavy (non-hydrogen) atoms. The maximum atomic E-state index is 12.3.